The fourth-order valence-corrected chi connectivity index (χ4v) is 10.4. The number of nitrogens with zero attached hydrogens (tertiary/aromatic N) is 4. The zero-order valence-corrected chi connectivity index (χ0v) is 47.8. The molecule has 0 bridgehead atoms. The molecule has 10 aromatic rings. The Hall–Kier alpha value is -7.56. The molecule has 0 N–H and O–H groups in total. The van der Waals surface area contributed by atoms with Crippen LogP contribution in [0.1, 0.15) is 109 Å². The second-order valence-corrected chi connectivity index (χ2v) is 22.9. The van der Waals surface area contributed by atoms with Crippen LogP contribution in [0.15, 0.2) is 164 Å². The van der Waals surface area contributed by atoms with Crippen molar-refractivity contribution in [3.63, 3.8) is 0 Å². The van der Waals surface area contributed by atoms with Crippen LogP contribution in [0.25, 0.3) is 61.0 Å². The molecule has 8 aromatic carbocycles. The normalized spacial score (nSPS) is 12.6. The zero-order valence-electron chi connectivity index (χ0n) is 45.5. The maximum atomic E-state index is 15.6. The van der Waals surface area contributed by atoms with Gasteiger partial charge in [0.2, 0.25) is 5.69 Å². The molecule has 1 aliphatic rings. The van der Waals surface area contributed by atoms with E-state index in [-0.39, 0.29) is 43.7 Å². The van der Waals surface area contributed by atoms with Crippen LogP contribution in [-0.2, 0) is 31.9 Å². The van der Waals surface area contributed by atoms with Gasteiger partial charge in [-0.1, -0.05) is 164 Å². The molecule has 0 fully saturated rings. The van der Waals surface area contributed by atoms with Gasteiger partial charge in [-0.2, -0.15) is 6.07 Å². The molecule has 77 heavy (non-hydrogen) atoms. The first-order chi connectivity index (χ1) is 36.3. The Kier molecular flexibility index (Phi) is 14.0. The number of fused-ring (bicyclic) bond motifs is 4. The van der Waals surface area contributed by atoms with Crippen LogP contribution in [0.2, 0.25) is 0 Å². The van der Waals surface area contributed by atoms with Gasteiger partial charge in [0.25, 0.3) is 11.4 Å². The maximum Gasteiger partial charge on any atom is 2.00 e. The van der Waals surface area contributed by atoms with Crippen LogP contribution in [0, 0.1) is 30.7 Å². The van der Waals surface area contributed by atoms with Gasteiger partial charge in [0.05, 0.1) is 11.1 Å². The van der Waals surface area contributed by atoms with Crippen LogP contribution < -0.4 is 13.9 Å². The molecule has 11 rings (SSSR count). The molecule has 3 heterocycles. The van der Waals surface area contributed by atoms with Crippen molar-refractivity contribution in [3.05, 3.63) is 216 Å². The number of aromatic nitrogens is 2. The first kappa shape index (κ1) is 52.9. The van der Waals surface area contributed by atoms with Crippen LogP contribution in [-0.4, -0.2) is 15.6 Å². The Morgan fingerprint density at radius 3 is 1.81 bits per heavy atom. The quantitative estimate of drug-likeness (QED) is 0.101. The third kappa shape index (κ3) is 10.2. The summed E-state index contributed by atoms with van der Waals surface area (Å²) in [5.41, 5.74) is 15.3. The molecule has 0 saturated carbocycles. The van der Waals surface area contributed by atoms with Crippen molar-refractivity contribution in [3.8, 4) is 50.7 Å². The van der Waals surface area contributed by atoms with Crippen molar-refractivity contribution in [1.29, 1.82) is 0 Å². The maximum absolute atomic E-state index is 15.6. The van der Waals surface area contributed by atoms with E-state index < -0.39 is 11.6 Å². The first-order valence-electron chi connectivity index (χ1n) is 26.3. The van der Waals surface area contributed by atoms with Gasteiger partial charge in [0.15, 0.2) is 0 Å². The van der Waals surface area contributed by atoms with Crippen molar-refractivity contribution in [2.45, 2.75) is 98.8 Å². The molecule has 2 aromatic heterocycles. The summed E-state index contributed by atoms with van der Waals surface area (Å²) in [7, 11) is 0. The van der Waals surface area contributed by atoms with Crippen molar-refractivity contribution in [2.24, 2.45) is 0 Å². The summed E-state index contributed by atoms with van der Waals surface area (Å²) in [4.78, 5) is 4.90. The monoisotopic (exact) mass is 1200 g/mol. The van der Waals surface area contributed by atoms with E-state index in [1.165, 1.54) is 28.8 Å². The molecule has 0 atom stereocenters. The molecule has 0 aliphatic carbocycles. The molecular formula is C69H62F2N4OPt+2. The van der Waals surface area contributed by atoms with Gasteiger partial charge in [-0.25, -0.2) is 13.8 Å². The van der Waals surface area contributed by atoms with Crippen molar-refractivity contribution in [1.82, 2.24) is 18.7 Å². The van der Waals surface area contributed by atoms with Gasteiger partial charge in [-0.15, -0.1) is 29.1 Å². The fourth-order valence-electron chi connectivity index (χ4n) is 10.4. The molecule has 8 heteroatoms. The van der Waals surface area contributed by atoms with Crippen molar-refractivity contribution < 1.29 is 34.6 Å². The Balaban J connectivity index is 0.00000672. The predicted octanol–water partition coefficient (Wildman–Crippen LogP) is 18.9. The van der Waals surface area contributed by atoms with E-state index in [0.29, 0.717) is 28.3 Å². The molecule has 0 radical (unpaired) electrons. The van der Waals surface area contributed by atoms with Gasteiger partial charge in [0.1, 0.15) is 23.1 Å². The van der Waals surface area contributed by atoms with E-state index in [1.54, 1.807) is 0 Å². The average molecular weight is 1200 g/mol. The number of benzene rings is 8. The third-order valence-corrected chi connectivity index (χ3v) is 14.7. The van der Waals surface area contributed by atoms with Crippen molar-refractivity contribution in [2.75, 3.05) is 0 Å². The standard InChI is InChI=1S/C69H62F2N4O.Pt/c1-42(2)45-28-46(43(3)4)30-47(29-45)60-35-51(69(9,10)11)36-61(48-31-52(70)38-53(71)32-48)67(60)74-41-73(63-22-16-17-23-64(63)74)54-33-49(57-19-13-12-18-44(57)5)34-56(39-54)76-55-24-25-59-58-20-14-15-21-62(58)75(65(59)40-55)66-37-50(26-27-72-66)68(6,7)8;/h12-38,42-43H,1-11H3;/q;+2. The number of rotatable bonds is 10. The number of aryl methyl sites for hydroxylation is 1. The van der Waals surface area contributed by atoms with Gasteiger partial charge in [-0.3, -0.25) is 0 Å². The zero-order chi connectivity index (χ0) is 53.4. The SMILES string of the molecule is Cc1ccccc1-c1cc(Oc2[c-]c3c(cc2)c2ccccc2n3-c2cc(C(C)(C)C)ccn2)[c-]c([N+]2=C=[N+](c3c(-c4cc(F)cc(F)c4)cc(C(C)(C)C)cc3-c3cc(C(C)C)cc(C(C)C)c3)c3ccccc32)c1.[Pt+2]. The summed E-state index contributed by atoms with van der Waals surface area (Å²) in [6.45, 7) is 24.1. The Morgan fingerprint density at radius 1 is 0.558 bits per heavy atom. The summed E-state index contributed by atoms with van der Waals surface area (Å²) < 4.78 is 44.3. The molecule has 0 saturated heterocycles. The van der Waals surface area contributed by atoms with Crippen LogP contribution in [0.4, 0.5) is 31.5 Å². The summed E-state index contributed by atoms with van der Waals surface area (Å²) in [6, 6.07) is 63.5. The van der Waals surface area contributed by atoms with Crippen LogP contribution >= 0.6 is 0 Å². The predicted molar refractivity (Wildman–Crippen MR) is 310 cm³/mol. The summed E-state index contributed by atoms with van der Waals surface area (Å²) in [6.07, 6.45) is 1.88. The summed E-state index contributed by atoms with van der Waals surface area (Å²) in [5, 5.41) is 2.13. The van der Waals surface area contributed by atoms with E-state index in [9.17, 15) is 0 Å². The van der Waals surface area contributed by atoms with E-state index in [1.807, 2.05) is 47.2 Å². The van der Waals surface area contributed by atoms with E-state index in [4.69, 9.17) is 9.72 Å². The largest absolute Gasteiger partial charge is 2.00 e. The van der Waals surface area contributed by atoms with Crippen LogP contribution in [0.5, 0.6) is 11.5 Å². The number of ether oxygens (including phenoxy) is 1. The fraction of sp³-hybridized carbons (Fsp3) is 0.217. The molecule has 0 unspecified atom stereocenters. The smallest absolute Gasteiger partial charge is 0.509 e. The minimum atomic E-state index is -0.650. The Morgan fingerprint density at radius 2 is 1.16 bits per heavy atom. The minimum absolute atomic E-state index is 0. The molecular weight excluding hydrogens is 1130 g/mol. The summed E-state index contributed by atoms with van der Waals surface area (Å²) >= 11 is 0. The van der Waals surface area contributed by atoms with E-state index in [0.717, 1.165) is 84.1 Å². The van der Waals surface area contributed by atoms with Gasteiger partial charge in [0, 0.05) is 41.4 Å². The molecule has 0 spiro atoms. The van der Waals surface area contributed by atoms with Crippen LogP contribution in [0.3, 0.4) is 0 Å². The average Bonchev–Trinajstić information content (AvgIpc) is 3.99. The van der Waals surface area contributed by atoms with Gasteiger partial charge in [-0.05, 0) is 127 Å². The van der Waals surface area contributed by atoms with E-state index >= 15 is 8.78 Å². The third-order valence-electron chi connectivity index (χ3n) is 14.7. The van der Waals surface area contributed by atoms with E-state index in [2.05, 4.69) is 207 Å². The summed E-state index contributed by atoms with van der Waals surface area (Å²) in [5.74, 6) is 1.02. The molecule has 1 aliphatic heterocycles. The Labute approximate surface area is 466 Å². The van der Waals surface area contributed by atoms with Gasteiger partial charge < -0.3 is 9.30 Å². The Bertz CT molecular complexity index is 3990. The first-order valence-corrected chi connectivity index (χ1v) is 26.3. The number of para-hydroxylation sites is 3. The number of hydrogen-bond donors (Lipinski definition) is 0. The van der Waals surface area contributed by atoms with Crippen molar-refractivity contribution >= 4 is 50.6 Å². The minimum Gasteiger partial charge on any atom is -0.509 e. The second kappa shape index (κ2) is 20.4. The molecule has 0 amide bonds. The molecule has 5 nitrogen and oxygen atoms in total. The second-order valence-electron chi connectivity index (χ2n) is 22.9. The topological polar surface area (TPSA) is 33.1 Å². The number of pyridine rings is 1. The van der Waals surface area contributed by atoms with Gasteiger partial charge >= 0.3 is 27.1 Å². The molecule has 386 valence electrons. The number of hydrogen-bond acceptors (Lipinski definition) is 2. The number of halogens is 2.